The van der Waals surface area contributed by atoms with Crippen molar-refractivity contribution in [2.45, 2.75) is 35.8 Å². The van der Waals surface area contributed by atoms with Crippen molar-refractivity contribution in [2.24, 2.45) is 5.92 Å². The summed E-state index contributed by atoms with van der Waals surface area (Å²) in [5.41, 5.74) is 1.94. The molecular weight excluding hydrogens is 461 g/mol. The summed E-state index contributed by atoms with van der Waals surface area (Å²) >= 11 is 18.8. The van der Waals surface area contributed by atoms with Gasteiger partial charge in [0.25, 0.3) is 11.5 Å². The lowest BCUT2D eigenvalue weighted by molar-refractivity contribution is -0.125. The van der Waals surface area contributed by atoms with E-state index >= 15 is 0 Å². The summed E-state index contributed by atoms with van der Waals surface area (Å²) in [6.07, 6.45) is 0.161. The topological polar surface area (TPSA) is 63.6 Å². The van der Waals surface area contributed by atoms with Gasteiger partial charge < -0.3 is 14.6 Å². The molecule has 0 radical (unpaired) electrons. The van der Waals surface area contributed by atoms with Crippen LogP contribution in [0.25, 0.3) is 0 Å². The standard InChI is InChI=1S/C22H24Cl3N3O3/c1-14-5-2-3-7-18(14)31-13-19(29)26-21(22(23,24)25)27-10-15-9-16(12-27)17-6-4-8-20(30)28(17)11-15/h2-8,15-16,21H,9-13H2,1H3,(H,26,29)/t15-,16-,21?/m0/s1. The molecule has 1 saturated heterocycles. The normalized spacial score (nSPS) is 21.8. The molecule has 0 aliphatic carbocycles. The zero-order valence-electron chi connectivity index (χ0n) is 17.1. The van der Waals surface area contributed by atoms with Crippen molar-refractivity contribution in [3.63, 3.8) is 0 Å². The molecule has 0 saturated carbocycles. The molecule has 1 unspecified atom stereocenters. The lowest BCUT2D eigenvalue weighted by atomic mass is 9.83. The molecule has 3 heterocycles. The Morgan fingerprint density at radius 2 is 1.94 bits per heavy atom. The van der Waals surface area contributed by atoms with Crippen molar-refractivity contribution < 1.29 is 9.53 Å². The molecule has 9 heteroatoms. The number of aromatic nitrogens is 1. The fraction of sp³-hybridized carbons (Fsp3) is 0.455. The van der Waals surface area contributed by atoms with Gasteiger partial charge in [-0.2, -0.15) is 0 Å². The largest absolute Gasteiger partial charge is 0.484 e. The first kappa shape index (κ1) is 22.5. The Kier molecular flexibility index (Phi) is 6.54. The van der Waals surface area contributed by atoms with E-state index in [-0.39, 0.29) is 29.9 Å². The van der Waals surface area contributed by atoms with Gasteiger partial charge in [0.2, 0.25) is 3.79 Å². The van der Waals surface area contributed by atoms with Crippen molar-refractivity contribution >= 4 is 40.7 Å². The number of hydrogen-bond donors (Lipinski definition) is 1. The number of fused-ring (bicyclic) bond motifs is 4. The molecule has 1 N–H and O–H groups in total. The second-order valence-corrected chi connectivity index (χ2v) is 10.6. The van der Waals surface area contributed by atoms with Gasteiger partial charge in [0, 0.05) is 37.3 Å². The summed E-state index contributed by atoms with van der Waals surface area (Å²) in [5.74, 6) is 0.641. The van der Waals surface area contributed by atoms with Gasteiger partial charge in [-0.1, -0.05) is 59.1 Å². The van der Waals surface area contributed by atoms with Crippen molar-refractivity contribution in [2.75, 3.05) is 19.7 Å². The van der Waals surface area contributed by atoms with Crippen molar-refractivity contribution in [3.05, 3.63) is 64.1 Å². The number of amides is 1. The number of piperidine rings is 1. The second kappa shape index (κ2) is 9.02. The van der Waals surface area contributed by atoms with E-state index in [0.717, 1.165) is 17.7 Å². The number of hydrogen-bond acceptors (Lipinski definition) is 4. The molecule has 2 bridgehead atoms. The average molecular weight is 485 g/mol. The summed E-state index contributed by atoms with van der Waals surface area (Å²) in [5, 5.41) is 2.84. The van der Waals surface area contributed by atoms with Crippen LogP contribution < -0.4 is 15.6 Å². The maximum atomic E-state index is 12.6. The van der Waals surface area contributed by atoms with Crippen LogP contribution in [-0.2, 0) is 11.3 Å². The maximum absolute atomic E-state index is 12.6. The van der Waals surface area contributed by atoms with E-state index < -0.39 is 9.96 Å². The fourth-order valence-corrected chi connectivity index (χ4v) is 5.16. The van der Waals surface area contributed by atoms with E-state index in [9.17, 15) is 9.59 Å². The van der Waals surface area contributed by atoms with E-state index in [1.165, 1.54) is 0 Å². The zero-order valence-corrected chi connectivity index (χ0v) is 19.3. The molecule has 4 rings (SSSR count). The summed E-state index contributed by atoms with van der Waals surface area (Å²) in [6, 6.07) is 12.8. The molecule has 1 fully saturated rings. The maximum Gasteiger partial charge on any atom is 0.259 e. The third kappa shape index (κ3) is 5.03. The lowest BCUT2D eigenvalue weighted by Gasteiger charge is -2.47. The van der Waals surface area contributed by atoms with Crippen LogP contribution in [0.2, 0.25) is 0 Å². The van der Waals surface area contributed by atoms with E-state index in [0.29, 0.717) is 25.4 Å². The smallest absolute Gasteiger partial charge is 0.259 e. The minimum atomic E-state index is -1.72. The Balaban J connectivity index is 1.47. The van der Waals surface area contributed by atoms with Crippen LogP contribution in [0, 0.1) is 12.8 Å². The van der Waals surface area contributed by atoms with Gasteiger partial charge in [-0.3, -0.25) is 14.5 Å². The van der Waals surface area contributed by atoms with Gasteiger partial charge in [-0.05, 0) is 37.0 Å². The zero-order chi connectivity index (χ0) is 22.2. The van der Waals surface area contributed by atoms with Crippen molar-refractivity contribution in [1.82, 2.24) is 14.8 Å². The highest BCUT2D eigenvalue weighted by Gasteiger charge is 2.44. The predicted molar refractivity (Wildman–Crippen MR) is 122 cm³/mol. The van der Waals surface area contributed by atoms with E-state index in [4.69, 9.17) is 39.5 Å². The predicted octanol–water partition coefficient (Wildman–Crippen LogP) is 3.47. The number of nitrogens with zero attached hydrogens (tertiary/aromatic N) is 2. The third-order valence-corrected chi connectivity index (χ3v) is 6.55. The highest BCUT2D eigenvalue weighted by atomic mass is 35.6. The molecule has 2 aliphatic rings. The summed E-state index contributed by atoms with van der Waals surface area (Å²) in [6.45, 7) is 3.55. The molecule has 0 spiro atoms. The Bertz CT molecular complexity index is 1020. The van der Waals surface area contributed by atoms with E-state index in [2.05, 4.69) is 5.32 Å². The number of para-hydroxylation sites is 1. The number of alkyl halides is 3. The molecule has 3 atom stereocenters. The van der Waals surface area contributed by atoms with Gasteiger partial charge >= 0.3 is 0 Å². The lowest BCUT2D eigenvalue weighted by Crippen LogP contribution is -2.60. The minimum Gasteiger partial charge on any atom is -0.484 e. The molecule has 2 aliphatic heterocycles. The number of pyridine rings is 1. The Labute approximate surface area is 196 Å². The van der Waals surface area contributed by atoms with E-state index in [1.54, 1.807) is 18.2 Å². The molecule has 1 aromatic carbocycles. The van der Waals surface area contributed by atoms with Crippen LogP contribution in [0.3, 0.4) is 0 Å². The first-order valence-electron chi connectivity index (χ1n) is 10.2. The summed E-state index contributed by atoms with van der Waals surface area (Å²) < 4.78 is 5.76. The number of aryl methyl sites for hydroxylation is 1. The first-order valence-corrected chi connectivity index (χ1v) is 11.3. The summed E-state index contributed by atoms with van der Waals surface area (Å²) in [4.78, 5) is 26.9. The van der Waals surface area contributed by atoms with Crippen LogP contribution in [-0.4, -0.2) is 45.0 Å². The molecule has 166 valence electrons. The number of nitrogens with one attached hydrogen (secondary N) is 1. The average Bonchev–Trinajstić information content (AvgIpc) is 2.71. The molecule has 1 aromatic heterocycles. The van der Waals surface area contributed by atoms with Gasteiger partial charge in [0.1, 0.15) is 11.9 Å². The second-order valence-electron chi connectivity index (χ2n) is 8.22. The van der Waals surface area contributed by atoms with Gasteiger partial charge in [-0.15, -0.1) is 0 Å². The van der Waals surface area contributed by atoms with Crippen LogP contribution in [0.4, 0.5) is 0 Å². The van der Waals surface area contributed by atoms with Crippen LogP contribution >= 0.6 is 34.8 Å². The van der Waals surface area contributed by atoms with Crippen molar-refractivity contribution in [3.8, 4) is 5.75 Å². The monoisotopic (exact) mass is 483 g/mol. The Morgan fingerprint density at radius 3 is 2.68 bits per heavy atom. The summed E-state index contributed by atoms with van der Waals surface area (Å²) in [7, 11) is 0. The van der Waals surface area contributed by atoms with E-state index in [1.807, 2.05) is 40.7 Å². The molecule has 31 heavy (non-hydrogen) atoms. The number of likely N-dealkylation sites (tertiary alicyclic amines) is 1. The van der Waals surface area contributed by atoms with Gasteiger partial charge in [-0.25, -0.2) is 0 Å². The first-order chi connectivity index (χ1) is 14.7. The van der Waals surface area contributed by atoms with Gasteiger partial charge in [0.15, 0.2) is 6.61 Å². The SMILES string of the molecule is Cc1ccccc1OCC(=O)NC(N1C[C@@H]2C[C@@H](C1)c1cccc(=O)n1C2)C(Cl)(Cl)Cl. The number of carbonyl (C=O) groups excluding carboxylic acids is 1. The van der Waals surface area contributed by atoms with Gasteiger partial charge in [0.05, 0.1) is 0 Å². The quantitative estimate of drug-likeness (QED) is 0.660. The highest BCUT2D eigenvalue weighted by Crippen LogP contribution is 2.39. The van der Waals surface area contributed by atoms with Crippen LogP contribution in [0.1, 0.15) is 23.6 Å². The number of benzene rings is 1. The fourth-order valence-electron chi connectivity index (χ4n) is 4.58. The van der Waals surface area contributed by atoms with Crippen LogP contribution in [0.5, 0.6) is 5.75 Å². The Morgan fingerprint density at radius 1 is 1.16 bits per heavy atom. The number of halogens is 3. The number of rotatable bonds is 5. The molecule has 1 amide bonds. The number of carbonyl (C=O) groups is 1. The number of ether oxygens (including phenoxy) is 1. The minimum absolute atomic E-state index is 0.0141. The molecule has 6 nitrogen and oxygen atoms in total. The Hall–Kier alpha value is -1.73. The highest BCUT2D eigenvalue weighted by molar-refractivity contribution is 6.68. The molecule has 2 aromatic rings. The van der Waals surface area contributed by atoms with Crippen LogP contribution in [0.15, 0.2) is 47.3 Å². The third-order valence-electron chi connectivity index (χ3n) is 5.93. The van der Waals surface area contributed by atoms with Crippen molar-refractivity contribution in [1.29, 1.82) is 0 Å². The molecular formula is C22H24Cl3N3O3.